The Morgan fingerprint density at radius 3 is 3.00 bits per heavy atom. The van der Waals surface area contributed by atoms with Gasteiger partial charge >= 0.3 is 5.97 Å². The number of nitriles is 1. The Balaban J connectivity index is 2.52. The summed E-state index contributed by atoms with van der Waals surface area (Å²) in [4.78, 5) is 11.2. The number of nitrogens with zero attached hydrogens (tertiary/aromatic N) is 1. The zero-order valence-corrected chi connectivity index (χ0v) is 8.69. The SMILES string of the molecule is COC(=O)Cc1ccc(C#N)c2occc12. The van der Waals surface area contributed by atoms with E-state index in [1.165, 1.54) is 13.4 Å². The van der Waals surface area contributed by atoms with Crippen LogP contribution in [0.2, 0.25) is 0 Å². The Morgan fingerprint density at radius 2 is 2.31 bits per heavy atom. The molecule has 0 spiro atoms. The minimum absolute atomic E-state index is 0.179. The number of rotatable bonds is 2. The third-order valence-electron chi connectivity index (χ3n) is 2.39. The largest absolute Gasteiger partial charge is 0.469 e. The first kappa shape index (κ1) is 10.2. The minimum atomic E-state index is -0.313. The van der Waals surface area contributed by atoms with E-state index in [1.54, 1.807) is 18.2 Å². The number of fused-ring (bicyclic) bond motifs is 1. The van der Waals surface area contributed by atoms with Gasteiger partial charge in [0, 0.05) is 5.39 Å². The fourth-order valence-corrected chi connectivity index (χ4v) is 1.59. The van der Waals surface area contributed by atoms with Crippen LogP contribution in [0.1, 0.15) is 11.1 Å². The molecule has 0 saturated carbocycles. The first-order chi connectivity index (χ1) is 7.76. The standard InChI is InChI=1S/C12H9NO3/c1-15-11(14)6-8-2-3-9(7-13)12-10(8)4-5-16-12/h2-5H,6H2,1H3. The van der Waals surface area contributed by atoms with Crippen LogP contribution in [-0.4, -0.2) is 13.1 Å². The lowest BCUT2D eigenvalue weighted by atomic mass is 10.0. The van der Waals surface area contributed by atoms with Gasteiger partial charge in [-0.3, -0.25) is 4.79 Å². The van der Waals surface area contributed by atoms with E-state index in [-0.39, 0.29) is 12.4 Å². The summed E-state index contributed by atoms with van der Waals surface area (Å²) in [7, 11) is 1.35. The lowest BCUT2D eigenvalue weighted by molar-refractivity contribution is -0.139. The van der Waals surface area contributed by atoms with Crippen molar-refractivity contribution in [2.75, 3.05) is 7.11 Å². The molecule has 0 aliphatic rings. The molecule has 4 nitrogen and oxygen atoms in total. The molecule has 1 aromatic heterocycles. The predicted molar refractivity (Wildman–Crippen MR) is 56.6 cm³/mol. The Morgan fingerprint density at radius 1 is 1.50 bits per heavy atom. The summed E-state index contributed by atoms with van der Waals surface area (Å²) in [5.41, 5.74) is 1.78. The molecule has 1 aromatic carbocycles. The zero-order valence-electron chi connectivity index (χ0n) is 8.69. The molecule has 0 radical (unpaired) electrons. The van der Waals surface area contributed by atoms with Gasteiger partial charge in [-0.25, -0.2) is 0 Å². The number of hydrogen-bond acceptors (Lipinski definition) is 4. The van der Waals surface area contributed by atoms with Crippen molar-refractivity contribution in [1.82, 2.24) is 0 Å². The van der Waals surface area contributed by atoms with Crippen LogP contribution in [0.25, 0.3) is 11.0 Å². The summed E-state index contributed by atoms with van der Waals surface area (Å²) < 4.78 is 9.82. The van der Waals surface area contributed by atoms with E-state index >= 15 is 0 Å². The number of furan rings is 1. The number of ether oxygens (including phenoxy) is 1. The van der Waals surface area contributed by atoms with Gasteiger partial charge in [0.15, 0.2) is 5.58 Å². The number of esters is 1. The number of carbonyl (C=O) groups is 1. The maximum Gasteiger partial charge on any atom is 0.310 e. The van der Waals surface area contributed by atoms with E-state index in [4.69, 9.17) is 9.68 Å². The van der Waals surface area contributed by atoms with Crippen molar-refractivity contribution in [2.45, 2.75) is 6.42 Å². The highest BCUT2D eigenvalue weighted by Crippen LogP contribution is 2.24. The fraction of sp³-hybridized carbons (Fsp3) is 0.167. The van der Waals surface area contributed by atoms with Crippen molar-refractivity contribution in [3.63, 3.8) is 0 Å². The maximum absolute atomic E-state index is 11.2. The second-order valence-corrected chi connectivity index (χ2v) is 3.30. The Hall–Kier alpha value is -2.28. The van der Waals surface area contributed by atoms with Crippen LogP contribution >= 0.6 is 0 Å². The molecular formula is C12H9NO3. The Bertz CT molecular complexity index is 577. The summed E-state index contributed by atoms with van der Waals surface area (Å²) >= 11 is 0. The fourth-order valence-electron chi connectivity index (χ4n) is 1.59. The van der Waals surface area contributed by atoms with Crippen molar-refractivity contribution in [1.29, 1.82) is 5.26 Å². The average Bonchev–Trinajstić information content (AvgIpc) is 2.78. The smallest absolute Gasteiger partial charge is 0.310 e. The molecule has 80 valence electrons. The second kappa shape index (κ2) is 4.07. The van der Waals surface area contributed by atoms with Gasteiger partial charge in [0.25, 0.3) is 0 Å². The van der Waals surface area contributed by atoms with Gasteiger partial charge in [-0.05, 0) is 17.7 Å². The number of hydrogen-bond donors (Lipinski definition) is 0. The molecule has 2 rings (SSSR count). The Kier molecular flexibility index (Phi) is 2.61. The van der Waals surface area contributed by atoms with E-state index in [0.29, 0.717) is 11.1 Å². The number of methoxy groups -OCH3 is 1. The summed E-state index contributed by atoms with van der Waals surface area (Å²) in [5, 5.41) is 9.65. The number of carbonyl (C=O) groups excluding carboxylic acids is 1. The maximum atomic E-state index is 11.2. The molecule has 1 heterocycles. The highest BCUT2D eigenvalue weighted by atomic mass is 16.5. The van der Waals surface area contributed by atoms with Crippen LogP contribution in [0.15, 0.2) is 28.9 Å². The molecule has 4 heteroatoms. The number of benzene rings is 1. The van der Waals surface area contributed by atoms with Crippen molar-refractivity contribution in [2.24, 2.45) is 0 Å². The van der Waals surface area contributed by atoms with Crippen molar-refractivity contribution >= 4 is 16.9 Å². The van der Waals surface area contributed by atoms with Crippen LogP contribution in [0.3, 0.4) is 0 Å². The van der Waals surface area contributed by atoms with E-state index in [9.17, 15) is 4.79 Å². The van der Waals surface area contributed by atoms with E-state index < -0.39 is 0 Å². The predicted octanol–water partition coefficient (Wildman–Crippen LogP) is 2.02. The van der Waals surface area contributed by atoms with Gasteiger partial charge in [-0.2, -0.15) is 5.26 Å². The van der Waals surface area contributed by atoms with Gasteiger partial charge in [0.1, 0.15) is 6.07 Å². The molecule has 0 N–H and O–H groups in total. The average molecular weight is 215 g/mol. The molecule has 0 bridgehead atoms. The molecule has 2 aromatic rings. The van der Waals surface area contributed by atoms with Gasteiger partial charge in [-0.15, -0.1) is 0 Å². The van der Waals surface area contributed by atoms with Crippen molar-refractivity contribution < 1.29 is 13.9 Å². The lowest BCUT2D eigenvalue weighted by Crippen LogP contribution is -2.04. The highest BCUT2D eigenvalue weighted by molar-refractivity contribution is 5.89. The van der Waals surface area contributed by atoms with E-state index in [2.05, 4.69) is 4.74 Å². The molecular weight excluding hydrogens is 206 g/mol. The van der Waals surface area contributed by atoms with Crippen LogP contribution in [-0.2, 0) is 16.0 Å². The summed E-state index contributed by atoms with van der Waals surface area (Å²) in [5.74, 6) is -0.313. The lowest BCUT2D eigenvalue weighted by Gasteiger charge is -2.02. The third kappa shape index (κ3) is 1.63. The van der Waals surface area contributed by atoms with Gasteiger partial charge in [0.05, 0.1) is 25.4 Å². The molecule has 0 unspecified atom stereocenters. The highest BCUT2D eigenvalue weighted by Gasteiger charge is 2.11. The topological polar surface area (TPSA) is 63.2 Å². The summed E-state index contributed by atoms with van der Waals surface area (Å²) in [6.07, 6.45) is 1.69. The van der Waals surface area contributed by atoms with Crippen LogP contribution in [0, 0.1) is 11.3 Å². The van der Waals surface area contributed by atoms with E-state index in [1.807, 2.05) is 6.07 Å². The molecule has 0 saturated heterocycles. The van der Waals surface area contributed by atoms with Gasteiger partial charge in [0.2, 0.25) is 0 Å². The minimum Gasteiger partial charge on any atom is -0.469 e. The molecule has 0 aliphatic carbocycles. The molecule has 0 aliphatic heterocycles. The third-order valence-corrected chi connectivity index (χ3v) is 2.39. The van der Waals surface area contributed by atoms with Crippen LogP contribution < -0.4 is 0 Å². The molecule has 0 fully saturated rings. The Labute approximate surface area is 92.0 Å². The molecule has 0 amide bonds. The molecule has 0 atom stereocenters. The van der Waals surface area contributed by atoms with Gasteiger partial charge < -0.3 is 9.15 Å². The first-order valence-corrected chi connectivity index (χ1v) is 4.72. The van der Waals surface area contributed by atoms with Crippen LogP contribution in [0.4, 0.5) is 0 Å². The van der Waals surface area contributed by atoms with Crippen molar-refractivity contribution in [3.05, 3.63) is 35.6 Å². The van der Waals surface area contributed by atoms with E-state index in [0.717, 1.165) is 10.9 Å². The normalized spacial score (nSPS) is 10.0. The summed E-state index contributed by atoms with van der Waals surface area (Å²) in [6.45, 7) is 0. The molecule has 16 heavy (non-hydrogen) atoms. The van der Waals surface area contributed by atoms with Crippen molar-refractivity contribution in [3.8, 4) is 6.07 Å². The van der Waals surface area contributed by atoms with Gasteiger partial charge in [-0.1, -0.05) is 6.07 Å². The first-order valence-electron chi connectivity index (χ1n) is 4.72. The summed E-state index contributed by atoms with van der Waals surface area (Å²) in [6, 6.07) is 7.17. The van der Waals surface area contributed by atoms with Crippen LogP contribution in [0.5, 0.6) is 0 Å². The zero-order chi connectivity index (χ0) is 11.5. The monoisotopic (exact) mass is 215 g/mol. The second-order valence-electron chi connectivity index (χ2n) is 3.30. The quantitative estimate of drug-likeness (QED) is 0.719.